The second-order valence-corrected chi connectivity index (χ2v) is 7.96. The second kappa shape index (κ2) is 8.32. The van der Waals surface area contributed by atoms with Crippen LogP contribution < -0.4 is 16.6 Å². The van der Waals surface area contributed by atoms with E-state index >= 15 is 0 Å². The van der Waals surface area contributed by atoms with Crippen molar-refractivity contribution in [2.24, 2.45) is 5.92 Å². The Morgan fingerprint density at radius 2 is 2.00 bits per heavy atom. The van der Waals surface area contributed by atoms with Crippen LogP contribution in [-0.2, 0) is 16.1 Å². The zero-order valence-corrected chi connectivity index (χ0v) is 17.4. The molecule has 1 heterocycles. The molecule has 1 saturated carbocycles. The number of hydrogen-bond acceptors (Lipinski definition) is 4. The molecular weight excluding hydrogens is 378 g/mol. The summed E-state index contributed by atoms with van der Waals surface area (Å²) in [5.74, 6) is 0.518. The van der Waals surface area contributed by atoms with Crippen molar-refractivity contribution in [3.8, 4) is 11.1 Å². The van der Waals surface area contributed by atoms with Gasteiger partial charge >= 0.3 is 0 Å². The molecule has 0 radical (unpaired) electrons. The number of pyridine rings is 1. The molecule has 0 aliphatic heterocycles. The predicted molar refractivity (Wildman–Crippen MR) is 121 cm³/mol. The molecule has 1 amide bonds. The molecule has 6 nitrogen and oxygen atoms in total. The summed E-state index contributed by atoms with van der Waals surface area (Å²) in [6, 6.07) is 13.5. The number of nitrogen functional groups attached to an aromatic ring is 1. The highest BCUT2D eigenvalue weighted by atomic mass is 16.5. The van der Waals surface area contributed by atoms with Gasteiger partial charge in [0.2, 0.25) is 5.91 Å². The lowest BCUT2D eigenvalue weighted by Gasteiger charge is -2.24. The van der Waals surface area contributed by atoms with E-state index < -0.39 is 0 Å². The largest absolute Gasteiger partial charge is 0.384 e. The highest BCUT2D eigenvalue weighted by Crippen LogP contribution is 2.34. The Hall–Kier alpha value is -3.12. The lowest BCUT2D eigenvalue weighted by atomic mass is 9.85. The minimum Gasteiger partial charge on any atom is -0.384 e. The zero-order chi connectivity index (χ0) is 21.3. The Kier molecular flexibility index (Phi) is 5.59. The molecule has 0 saturated heterocycles. The molecule has 4 rings (SSSR count). The first-order chi connectivity index (χ1) is 14.5. The maximum absolute atomic E-state index is 13.3. The Morgan fingerprint density at radius 3 is 2.67 bits per heavy atom. The number of carbonyl (C=O) groups excluding carboxylic acids is 1. The monoisotopic (exact) mass is 405 g/mol. The van der Waals surface area contributed by atoms with Crippen LogP contribution in [-0.4, -0.2) is 24.2 Å². The highest BCUT2D eigenvalue weighted by Gasteiger charge is 2.25. The molecule has 2 aromatic carbocycles. The third-order valence-electron chi connectivity index (χ3n) is 5.88. The summed E-state index contributed by atoms with van der Waals surface area (Å²) in [7, 11) is 1.60. The molecule has 6 heteroatoms. The second-order valence-electron chi connectivity index (χ2n) is 7.96. The molecule has 3 aromatic rings. The van der Waals surface area contributed by atoms with E-state index in [1.54, 1.807) is 17.7 Å². The van der Waals surface area contributed by atoms with Crippen LogP contribution in [0.4, 0.5) is 11.5 Å². The number of benzene rings is 2. The van der Waals surface area contributed by atoms with Crippen LogP contribution in [0, 0.1) is 12.8 Å². The topological polar surface area (TPSA) is 86.3 Å². The number of fused-ring (bicyclic) bond motifs is 1. The third kappa shape index (κ3) is 3.71. The van der Waals surface area contributed by atoms with Crippen molar-refractivity contribution in [2.45, 2.75) is 32.7 Å². The van der Waals surface area contributed by atoms with Crippen molar-refractivity contribution in [1.82, 2.24) is 4.57 Å². The number of methoxy groups -OCH3 is 1. The van der Waals surface area contributed by atoms with Crippen LogP contribution in [0.25, 0.3) is 21.9 Å². The van der Waals surface area contributed by atoms with E-state index in [0.29, 0.717) is 30.0 Å². The number of nitrogens with zero attached hydrogens (tertiary/aromatic N) is 1. The van der Waals surface area contributed by atoms with E-state index in [1.165, 1.54) is 0 Å². The van der Waals surface area contributed by atoms with Crippen LogP contribution in [0.1, 0.15) is 24.8 Å². The molecule has 1 aliphatic carbocycles. The van der Waals surface area contributed by atoms with Gasteiger partial charge in [-0.1, -0.05) is 42.3 Å². The maximum Gasteiger partial charge on any atom is 0.260 e. The van der Waals surface area contributed by atoms with Gasteiger partial charge in [-0.3, -0.25) is 14.2 Å². The summed E-state index contributed by atoms with van der Waals surface area (Å²) in [5, 5.41) is 4.27. The molecule has 0 atom stereocenters. The normalized spacial score (nSPS) is 13.9. The van der Waals surface area contributed by atoms with Crippen molar-refractivity contribution < 1.29 is 9.53 Å². The minimum absolute atomic E-state index is 0.0228. The summed E-state index contributed by atoms with van der Waals surface area (Å²) in [5.41, 5.74) is 9.83. The number of rotatable bonds is 6. The molecule has 3 N–H and O–H groups in total. The van der Waals surface area contributed by atoms with Gasteiger partial charge in [-0.2, -0.15) is 0 Å². The first-order valence-electron chi connectivity index (χ1n) is 10.3. The molecule has 1 aromatic heterocycles. The number of ether oxygens (including phenoxy) is 1. The summed E-state index contributed by atoms with van der Waals surface area (Å²) >= 11 is 0. The fraction of sp³-hybridized carbons (Fsp3) is 0.333. The Labute approximate surface area is 175 Å². The van der Waals surface area contributed by atoms with Gasteiger partial charge in [-0.25, -0.2) is 0 Å². The summed E-state index contributed by atoms with van der Waals surface area (Å²) in [6.45, 7) is 2.76. The number of amides is 1. The van der Waals surface area contributed by atoms with Crippen molar-refractivity contribution >= 4 is 28.2 Å². The van der Waals surface area contributed by atoms with Crippen molar-refractivity contribution in [1.29, 1.82) is 0 Å². The summed E-state index contributed by atoms with van der Waals surface area (Å²) in [6.07, 6.45) is 2.95. The molecule has 0 bridgehead atoms. The van der Waals surface area contributed by atoms with E-state index in [-0.39, 0.29) is 17.4 Å². The predicted octanol–water partition coefficient (Wildman–Crippen LogP) is 3.94. The summed E-state index contributed by atoms with van der Waals surface area (Å²) in [4.78, 5) is 25.6. The van der Waals surface area contributed by atoms with Crippen LogP contribution in [0.3, 0.4) is 0 Å². The average molecular weight is 405 g/mol. The zero-order valence-electron chi connectivity index (χ0n) is 17.4. The van der Waals surface area contributed by atoms with Gasteiger partial charge in [0, 0.05) is 29.7 Å². The Morgan fingerprint density at radius 1 is 1.20 bits per heavy atom. The van der Waals surface area contributed by atoms with E-state index in [0.717, 1.165) is 41.3 Å². The van der Waals surface area contributed by atoms with Crippen LogP contribution in [0.2, 0.25) is 0 Å². The average Bonchev–Trinajstić information content (AvgIpc) is 2.67. The fourth-order valence-electron chi connectivity index (χ4n) is 3.97. The lowest BCUT2D eigenvalue weighted by molar-refractivity contribution is -0.122. The van der Waals surface area contributed by atoms with Crippen molar-refractivity contribution in [3.05, 3.63) is 58.4 Å². The van der Waals surface area contributed by atoms with Gasteiger partial charge in [-0.15, -0.1) is 0 Å². The first-order valence-corrected chi connectivity index (χ1v) is 10.3. The van der Waals surface area contributed by atoms with Gasteiger partial charge in [0.25, 0.3) is 5.56 Å². The molecule has 1 fully saturated rings. The van der Waals surface area contributed by atoms with E-state index in [4.69, 9.17) is 10.5 Å². The van der Waals surface area contributed by atoms with E-state index in [2.05, 4.69) is 11.4 Å². The molecular formula is C24H27N3O3. The quantitative estimate of drug-likeness (QED) is 0.650. The van der Waals surface area contributed by atoms with E-state index in [1.807, 2.05) is 37.3 Å². The van der Waals surface area contributed by atoms with Crippen molar-refractivity contribution in [3.63, 3.8) is 0 Å². The van der Waals surface area contributed by atoms with Crippen LogP contribution >= 0.6 is 0 Å². The van der Waals surface area contributed by atoms with Gasteiger partial charge < -0.3 is 15.8 Å². The van der Waals surface area contributed by atoms with Gasteiger partial charge in [0.15, 0.2) is 0 Å². The number of nitrogens with one attached hydrogen (secondary N) is 1. The molecule has 156 valence electrons. The summed E-state index contributed by atoms with van der Waals surface area (Å²) < 4.78 is 6.74. The number of aromatic nitrogens is 1. The first kappa shape index (κ1) is 20.2. The number of aryl methyl sites for hydroxylation is 1. The SMILES string of the molecule is COCCn1c(N)c(-c2cccc(C)c2)c2ccc(NC(=O)C3CCC3)cc2c1=O. The van der Waals surface area contributed by atoms with Gasteiger partial charge in [-0.05, 0) is 42.8 Å². The Balaban J connectivity index is 1.88. The Bertz CT molecular complexity index is 1160. The van der Waals surface area contributed by atoms with Crippen molar-refractivity contribution in [2.75, 3.05) is 24.8 Å². The highest BCUT2D eigenvalue weighted by molar-refractivity contribution is 6.03. The lowest BCUT2D eigenvalue weighted by Crippen LogP contribution is -2.28. The maximum atomic E-state index is 13.3. The van der Waals surface area contributed by atoms with E-state index in [9.17, 15) is 9.59 Å². The number of anilines is 2. The minimum atomic E-state index is -0.185. The molecule has 1 aliphatic rings. The molecule has 30 heavy (non-hydrogen) atoms. The van der Waals surface area contributed by atoms with Gasteiger partial charge in [0.1, 0.15) is 5.82 Å². The van der Waals surface area contributed by atoms with Crippen LogP contribution in [0.15, 0.2) is 47.3 Å². The standard InChI is InChI=1S/C24H27N3O3/c1-15-5-3-8-17(13-15)21-19-10-9-18(26-23(28)16-6-4-7-16)14-20(19)24(29)27(22(21)25)11-12-30-2/h3,5,8-10,13-14,16H,4,6-7,11-12,25H2,1-2H3,(H,26,28). The molecule has 0 unspecified atom stereocenters. The molecule has 0 spiro atoms. The number of nitrogens with two attached hydrogens (primary N) is 1. The fourth-order valence-corrected chi connectivity index (χ4v) is 3.97. The van der Waals surface area contributed by atoms with Crippen LogP contribution in [0.5, 0.6) is 0 Å². The smallest absolute Gasteiger partial charge is 0.260 e. The number of carbonyl (C=O) groups is 1. The number of hydrogen-bond donors (Lipinski definition) is 2. The van der Waals surface area contributed by atoms with Gasteiger partial charge in [0.05, 0.1) is 13.2 Å². The third-order valence-corrected chi connectivity index (χ3v) is 5.88.